The average molecular weight is 254 g/mol. The summed E-state index contributed by atoms with van der Waals surface area (Å²) in [5.74, 6) is 0. The Labute approximate surface area is 115 Å². The van der Waals surface area contributed by atoms with E-state index in [1.54, 1.807) is 0 Å². The van der Waals surface area contributed by atoms with Crippen LogP contribution < -0.4 is 5.32 Å². The number of rotatable bonds is 5. The summed E-state index contributed by atoms with van der Waals surface area (Å²) in [6, 6.07) is 0. The number of nitrogens with one attached hydrogen (secondary N) is 1. The Morgan fingerprint density at radius 3 is 2.44 bits per heavy atom. The van der Waals surface area contributed by atoms with Crippen LogP contribution >= 0.6 is 0 Å². The Morgan fingerprint density at radius 2 is 1.78 bits per heavy atom. The number of likely N-dealkylation sites (tertiary alicyclic amines) is 1. The number of unbranched alkanes of at least 4 members (excludes halogenated alkanes) is 1. The average Bonchev–Trinajstić information content (AvgIpc) is 2.38. The molecule has 0 bridgehead atoms. The third-order valence-corrected chi connectivity index (χ3v) is 3.99. The predicted molar refractivity (Wildman–Crippen MR) is 81.1 cm³/mol. The molecule has 1 rings (SSSR count). The first-order chi connectivity index (χ1) is 8.29. The van der Waals surface area contributed by atoms with Crippen molar-refractivity contribution in [2.45, 2.75) is 72.3 Å². The highest BCUT2D eigenvalue weighted by Gasteiger charge is 2.22. The molecule has 0 aromatic carbocycles. The first kappa shape index (κ1) is 16.0. The fourth-order valence-corrected chi connectivity index (χ4v) is 2.63. The van der Waals surface area contributed by atoms with E-state index in [-0.39, 0.29) is 5.54 Å². The van der Waals surface area contributed by atoms with E-state index < -0.39 is 0 Å². The molecule has 0 aliphatic carbocycles. The van der Waals surface area contributed by atoms with Gasteiger partial charge in [0, 0.05) is 5.54 Å². The zero-order chi connectivity index (χ0) is 13.6. The Kier molecular flexibility index (Phi) is 6.13. The van der Waals surface area contributed by atoms with Crippen LogP contribution in [0.25, 0.3) is 0 Å². The lowest BCUT2D eigenvalue weighted by Crippen LogP contribution is -2.36. The molecule has 108 valence electrons. The standard InChI is InChI=1S/C16H34N2/c1-15(2,3)17-11-6-7-12-18-13-8-9-16(4,5)10-14-18/h17H,6-14H2,1-5H3. The minimum Gasteiger partial charge on any atom is -0.312 e. The lowest BCUT2D eigenvalue weighted by molar-refractivity contribution is 0.256. The second-order valence-electron chi connectivity index (χ2n) is 7.74. The fraction of sp³-hybridized carbons (Fsp3) is 1.00. The minimum absolute atomic E-state index is 0.270. The largest absolute Gasteiger partial charge is 0.312 e. The van der Waals surface area contributed by atoms with Crippen LogP contribution in [-0.4, -0.2) is 36.6 Å². The molecule has 0 saturated carbocycles. The molecule has 0 radical (unpaired) electrons. The van der Waals surface area contributed by atoms with Gasteiger partial charge in [-0.3, -0.25) is 0 Å². The van der Waals surface area contributed by atoms with Crippen LogP contribution in [0.5, 0.6) is 0 Å². The van der Waals surface area contributed by atoms with Crippen molar-refractivity contribution in [3.63, 3.8) is 0 Å². The quantitative estimate of drug-likeness (QED) is 0.753. The van der Waals surface area contributed by atoms with Crippen LogP contribution in [0, 0.1) is 5.41 Å². The summed E-state index contributed by atoms with van der Waals surface area (Å²) in [7, 11) is 0. The molecule has 0 atom stereocenters. The summed E-state index contributed by atoms with van der Waals surface area (Å²) < 4.78 is 0. The topological polar surface area (TPSA) is 15.3 Å². The van der Waals surface area contributed by atoms with Crippen molar-refractivity contribution in [1.82, 2.24) is 10.2 Å². The van der Waals surface area contributed by atoms with E-state index in [2.05, 4.69) is 44.8 Å². The van der Waals surface area contributed by atoms with Gasteiger partial charge in [-0.1, -0.05) is 13.8 Å². The fourth-order valence-electron chi connectivity index (χ4n) is 2.63. The van der Waals surface area contributed by atoms with Crippen LogP contribution in [0.4, 0.5) is 0 Å². The molecule has 0 aromatic rings. The molecule has 2 heteroatoms. The second kappa shape index (κ2) is 6.91. The Hall–Kier alpha value is -0.0800. The molecule has 1 N–H and O–H groups in total. The second-order valence-corrected chi connectivity index (χ2v) is 7.74. The first-order valence-electron chi connectivity index (χ1n) is 7.76. The maximum absolute atomic E-state index is 3.57. The third kappa shape index (κ3) is 7.38. The van der Waals surface area contributed by atoms with Gasteiger partial charge in [0.15, 0.2) is 0 Å². The normalized spacial score (nSPS) is 21.8. The van der Waals surface area contributed by atoms with E-state index >= 15 is 0 Å². The van der Waals surface area contributed by atoms with Crippen molar-refractivity contribution in [3.8, 4) is 0 Å². The van der Waals surface area contributed by atoms with E-state index in [4.69, 9.17) is 0 Å². The van der Waals surface area contributed by atoms with Crippen LogP contribution in [-0.2, 0) is 0 Å². The lowest BCUT2D eigenvalue weighted by atomic mass is 9.85. The first-order valence-corrected chi connectivity index (χ1v) is 7.76. The Morgan fingerprint density at radius 1 is 1.06 bits per heavy atom. The molecular formula is C16H34N2. The van der Waals surface area contributed by atoms with Crippen molar-refractivity contribution in [2.75, 3.05) is 26.2 Å². The van der Waals surface area contributed by atoms with Crippen LogP contribution in [0.3, 0.4) is 0 Å². The summed E-state index contributed by atoms with van der Waals surface area (Å²) >= 11 is 0. The molecule has 0 unspecified atom stereocenters. The van der Waals surface area contributed by atoms with Crippen molar-refractivity contribution in [3.05, 3.63) is 0 Å². The number of nitrogens with zero attached hydrogens (tertiary/aromatic N) is 1. The van der Waals surface area contributed by atoms with Gasteiger partial charge in [0.25, 0.3) is 0 Å². The van der Waals surface area contributed by atoms with Crippen molar-refractivity contribution in [2.24, 2.45) is 5.41 Å². The molecule has 1 aliphatic rings. The van der Waals surface area contributed by atoms with Gasteiger partial charge in [0.2, 0.25) is 0 Å². The van der Waals surface area contributed by atoms with Gasteiger partial charge in [-0.05, 0) is 84.5 Å². The molecule has 2 nitrogen and oxygen atoms in total. The van der Waals surface area contributed by atoms with E-state index in [1.807, 2.05) is 0 Å². The lowest BCUT2D eigenvalue weighted by Gasteiger charge is -2.24. The van der Waals surface area contributed by atoms with E-state index in [1.165, 1.54) is 51.7 Å². The van der Waals surface area contributed by atoms with Gasteiger partial charge in [-0.15, -0.1) is 0 Å². The Balaban J connectivity index is 2.09. The molecule has 1 heterocycles. The van der Waals surface area contributed by atoms with Gasteiger partial charge < -0.3 is 10.2 Å². The SMILES string of the molecule is CC1(C)CCCN(CCCCNC(C)(C)C)CC1. The van der Waals surface area contributed by atoms with Gasteiger partial charge in [0.05, 0.1) is 0 Å². The summed E-state index contributed by atoms with van der Waals surface area (Å²) in [6.45, 7) is 16.6. The molecule has 18 heavy (non-hydrogen) atoms. The van der Waals surface area contributed by atoms with Gasteiger partial charge in [0.1, 0.15) is 0 Å². The third-order valence-electron chi connectivity index (χ3n) is 3.99. The highest BCUT2D eigenvalue weighted by Crippen LogP contribution is 2.29. The molecule has 1 saturated heterocycles. The maximum atomic E-state index is 3.57. The minimum atomic E-state index is 0.270. The van der Waals surface area contributed by atoms with Crippen LogP contribution in [0.1, 0.15) is 66.7 Å². The number of hydrogen-bond donors (Lipinski definition) is 1. The van der Waals surface area contributed by atoms with E-state index in [0.29, 0.717) is 5.41 Å². The molecule has 1 fully saturated rings. The van der Waals surface area contributed by atoms with Gasteiger partial charge in [-0.25, -0.2) is 0 Å². The van der Waals surface area contributed by atoms with Crippen molar-refractivity contribution >= 4 is 0 Å². The smallest absolute Gasteiger partial charge is 0.00965 e. The summed E-state index contributed by atoms with van der Waals surface area (Å²) in [4.78, 5) is 2.67. The van der Waals surface area contributed by atoms with E-state index in [0.717, 1.165) is 6.54 Å². The number of hydrogen-bond acceptors (Lipinski definition) is 2. The van der Waals surface area contributed by atoms with Crippen molar-refractivity contribution in [1.29, 1.82) is 0 Å². The van der Waals surface area contributed by atoms with E-state index in [9.17, 15) is 0 Å². The molecule has 1 aliphatic heterocycles. The Bertz CT molecular complexity index is 228. The van der Waals surface area contributed by atoms with Crippen LogP contribution in [0.15, 0.2) is 0 Å². The molecule has 0 aromatic heterocycles. The molecule has 0 spiro atoms. The summed E-state index contributed by atoms with van der Waals surface area (Å²) in [6.07, 6.45) is 6.79. The predicted octanol–water partition coefficient (Wildman–Crippen LogP) is 3.67. The highest BCUT2D eigenvalue weighted by atomic mass is 15.1. The maximum Gasteiger partial charge on any atom is 0.00965 e. The zero-order valence-corrected chi connectivity index (χ0v) is 13.3. The summed E-state index contributed by atoms with van der Waals surface area (Å²) in [5, 5.41) is 3.57. The van der Waals surface area contributed by atoms with Gasteiger partial charge in [-0.2, -0.15) is 0 Å². The highest BCUT2D eigenvalue weighted by molar-refractivity contribution is 4.76. The van der Waals surface area contributed by atoms with Gasteiger partial charge >= 0.3 is 0 Å². The molecule has 0 amide bonds. The zero-order valence-electron chi connectivity index (χ0n) is 13.3. The van der Waals surface area contributed by atoms with Crippen LogP contribution in [0.2, 0.25) is 0 Å². The monoisotopic (exact) mass is 254 g/mol. The molecular weight excluding hydrogens is 220 g/mol. The summed E-state index contributed by atoms with van der Waals surface area (Å²) in [5.41, 5.74) is 0.842. The van der Waals surface area contributed by atoms with Crippen molar-refractivity contribution < 1.29 is 0 Å².